The Hall–Kier alpha value is -1.42. The highest BCUT2D eigenvalue weighted by molar-refractivity contribution is 5.65. The number of allylic oxidation sites excluding steroid dienone is 4. The van der Waals surface area contributed by atoms with Crippen molar-refractivity contribution in [3.8, 4) is 0 Å². The van der Waals surface area contributed by atoms with Crippen molar-refractivity contribution in [2.75, 3.05) is 41.7 Å². The van der Waals surface area contributed by atoms with Crippen molar-refractivity contribution in [3.05, 3.63) is 24.3 Å². The Bertz CT molecular complexity index is 1610. The molecule has 0 saturated heterocycles. The fourth-order valence-corrected chi connectivity index (χ4v) is 20.0. The molecule has 0 amide bonds. The molecule has 16 unspecified atom stereocenters. The van der Waals surface area contributed by atoms with Gasteiger partial charge in [0.15, 0.2) is 12.6 Å². The predicted octanol–water partition coefficient (Wildman–Crippen LogP) is 12.6. The molecular formula is C60H96O8. The Morgan fingerprint density at radius 2 is 0.853 bits per heavy atom. The third-order valence-corrected chi connectivity index (χ3v) is 22.4. The van der Waals surface area contributed by atoms with Crippen molar-refractivity contribution in [1.82, 2.24) is 0 Å². The van der Waals surface area contributed by atoms with Crippen LogP contribution in [0.4, 0.5) is 0 Å². The first-order valence-electron chi connectivity index (χ1n) is 28.9. The molecular weight excluding hydrogens is 849 g/mol. The van der Waals surface area contributed by atoms with E-state index in [4.69, 9.17) is 28.4 Å². The molecule has 8 nitrogen and oxygen atoms in total. The molecule has 0 aliphatic heterocycles. The zero-order valence-electron chi connectivity index (χ0n) is 43.6. The molecule has 12 aliphatic rings. The molecule has 384 valence electrons. The van der Waals surface area contributed by atoms with E-state index in [0.717, 1.165) is 144 Å². The van der Waals surface area contributed by atoms with Gasteiger partial charge >= 0.3 is 0 Å². The molecule has 0 heterocycles. The maximum absolute atomic E-state index is 10.3. The summed E-state index contributed by atoms with van der Waals surface area (Å²) in [6.45, 7) is 5.45. The summed E-state index contributed by atoms with van der Waals surface area (Å²) >= 11 is 0. The SMILES string of the molecule is CCOC(CC(OC)C1CC[C@H]2C3CCC(C3)[C@@H]12)OC.CCOC(CC(OC)C1C[C@@H]2C3CCC(C3)[C@@H]2C1)OC.O=C/C=C/C1CC[C@H]2C3CCC(C3)[C@@H]12.O=C/C=C/C1C[C@@H]2C3CCC(C3)[C@@H]2C1. The first-order valence-corrected chi connectivity index (χ1v) is 28.9. The van der Waals surface area contributed by atoms with Gasteiger partial charge in [0.2, 0.25) is 0 Å². The molecule has 68 heavy (non-hydrogen) atoms. The highest BCUT2D eigenvalue weighted by atomic mass is 16.7. The summed E-state index contributed by atoms with van der Waals surface area (Å²) in [6, 6.07) is 0. The fraction of sp³-hybridized carbons (Fsp3) is 0.900. The van der Waals surface area contributed by atoms with Crippen molar-refractivity contribution in [3.63, 3.8) is 0 Å². The van der Waals surface area contributed by atoms with Crippen molar-refractivity contribution in [1.29, 1.82) is 0 Å². The van der Waals surface area contributed by atoms with Crippen LogP contribution < -0.4 is 0 Å². The molecule has 8 heteroatoms. The molecule has 12 saturated carbocycles. The molecule has 0 aromatic heterocycles. The number of rotatable bonds is 18. The van der Waals surface area contributed by atoms with Gasteiger partial charge in [0.25, 0.3) is 0 Å². The van der Waals surface area contributed by atoms with E-state index in [1.165, 1.54) is 128 Å². The van der Waals surface area contributed by atoms with Crippen LogP contribution in [-0.4, -0.2) is 79.0 Å². The standard InChI is InChI=1S/2C17H30O3.2C13H18O/c1-4-20-17(19-3)10-16(18-2)13-8-14-11-5-6-12(7-11)15(14)9-13;1-4-20-16(19-3)10-15(18-2)14-8-7-13-11-5-6-12(9-11)17(13)14;14-7-1-2-9-5-6-12-10-3-4-11(8-10)13(9)12;14-5-1-2-9-6-12-10-3-4-11(8-10)13(12)7-9/h2*11-17H,4-10H2,1-3H3;1-2,7,9-13H,3-6,8H2;1-2,5,9-13H,3-4,6-8H2/b;;2*2-1+/t11?,12?,13?,14-,15+,16?,17?;11?,12?,13-,14?,15?,16?,17+;2*9?,10?,11?,12-,13+/m.00./s1. The second-order valence-electron chi connectivity index (χ2n) is 24.7. The monoisotopic (exact) mass is 945 g/mol. The molecule has 0 radical (unpaired) electrons. The largest absolute Gasteiger partial charge is 0.381 e. The second-order valence-corrected chi connectivity index (χ2v) is 24.7. The van der Waals surface area contributed by atoms with Gasteiger partial charge in [-0.3, -0.25) is 9.59 Å². The van der Waals surface area contributed by atoms with Gasteiger partial charge in [-0.25, -0.2) is 0 Å². The van der Waals surface area contributed by atoms with E-state index in [9.17, 15) is 9.59 Å². The Morgan fingerprint density at radius 1 is 0.426 bits per heavy atom. The van der Waals surface area contributed by atoms with E-state index < -0.39 is 0 Å². The van der Waals surface area contributed by atoms with Crippen LogP contribution in [0.5, 0.6) is 0 Å². The van der Waals surface area contributed by atoms with Crippen molar-refractivity contribution in [2.45, 2.75) is 180 Å². The molecule has 12 aliphatic carbocycles. The van der Waals surface area contributed by atoms with E-state index in [0.29, 0.717) is 25.4 Å². The van der Waals surface area contributed by atoms with Gasteiger partial charge in [0.05, 0.1) is 12.2 Å². The highest BCUT2D eigenvalue weighted by Gasteiger charge is 2.56. The summed E-state index contributed by atoms with van der Waals surface area (Å²) in [4.78, 5) is 20.6. The lowest BCUT2D eigenvalue weighted by Crippen LogP contribution is -2.35. The maximum Gasteiger partial charge on any atom is 0.159 e. The van der Waals surface area contributed by atoms with Crippen LogP contribution in [0.3, 0.4) is 0 Å². The van der Waals surface area contributed by atoms with E-state index in [2.05, 4.69) is 12.2 Å². The summed E-state index contributed by atoms with van der Waals surface area (Å²) in [5.74, 6) is 19.2. The van der Waals surface area contributed by atoms with Crippen molar-refractivity contribution >= 4 is 12.6 Å². The molecule has 0 aromatic rings. The second kappa shape index (κ2) is 24.1. The number of hydrogen-bond acceptors (Lipinski definition) is 8. The van der Waals surface area contributed by atoms with Gasteiger partial charge in [-0.15, -0.1) is 0 Å². The Morgan fingerprint density at radius 3 is 1.35 bits per heavy atom. The van der Waals surface area contributed by atoms with Gasteiger partial charge in [0.1, 0.15) is 12.6 Å². The van der Waals surface area contributed by atoms with Gasteiger partial charge in [-0.2, -0.15) is 0 Å². The Balaban J connectivity index is 0.000000115. The smallest absolute Gasteiger partial charge is 0.159 e. The van der Waals surface area contributed by atoms with E-state index in [1.54, 1.807) is 26.4 Å². The zero-order chi connectivity index (χ0) is 47.3. The average Bonchev–Trinajstić information content (AvgIpc) is 4.19. The van der Waals surface area contributed by atoms with E-state index >= 15 is 0 Å². The van der Waals surface area contributed by atoms with Crippen molar-refractivity contribution in [2.24, 2.45) is 118 Å². The van der Waals surface area contributed by atoms with Crippen molar-refractivity contribution < 1.29 is 38.0 Å². The van der Waals surface area contributed by atoms with Crippen LogP contribution in [0, 0.1) is 118 Å². The number of fused-ring (bicyclic) bond motifs is 20. The summed E-state index contributed by atoms with van der Waals surface area (Å²) in [7, 11) is 7.19. The molecule has 12 rings (SSSR count). The topological polar surface area (TPSA) is 89.5 Å². The quantitative estimate of drug-likeness (QED) is 0.0763. The molecule has 0 spiro atoms. The van der Waals surface area contributed by atoms with Crippen LogP contribution in [-0.2, 0) is 38.0 Å². The third kappa shape index (κ3) is 10.9. The number of carbonyl (C=O) groups excluding carboxylic acids is 2. The predicted molar refractivity (Wildman–Crippen MR) is 268 cm³/mol. The first-order chi connectivity index (χ1) is 33.3. The Kier molecular flexibility index (Phi) is 18.2. The maximum atomic E-state index is 10.3. The molecule has 8 bridgehead atoms. The summed E-state index contributed by atoms with van der Waals surface area (Å²) in [5, 5.41) is 0. The van der Waals surface area contributed by atoms with E-state index in [-0.39, 0.29) is 12.6 Å². The molecule has 0 aromatic carbocycles. The number of aldehydes is 2. The minimum absolute atomic E-state index is 0.109. The summed E-state index contributed by atoms with van der Waals surface area (Å²) in [6.07, 6.45) is 40.8. The normalized spacial score (nSPS) is 45.3. The zero-order valence-corrected chi connectivity index (χ0v) is 43.6. The lowest BCUT2D eigenvalue weighted by atomic mass is 9.76. The molecule has 24 atom stereocenters. The molecule has 0 N–H and O–H groups in total. The Labute approximate surface area is 413 Å². The van der Waals surface area contributed by atoms with Gasteiger partial charge in [-0.05, 0) is 273 Å². The average molecular weight is 945 g/mol. The lowest BCUT2D eigenvalue weighted by molar-refractivity contribution is -0.149. The minimum Gasteiger partial charge on any atom is -0.381 e. The van der Waals surface area contributed by atoms with Gasteiger partial charge < -0.3 is 28.4 Å². The number of methoxy groups -OCH3 is 4. The van der Waals surface area contributed by atoms with Crippen LogP contribution in [0.25, 0.3) is 0 Å². The summed E-state index contributed by atoms with van der Waals surface area (Å²) < 4.78 is 33.8. The van der Waals surface area contributed by atoms with Crippen LogP contribution in [0.1, 0.15) is 155 Å². The van der Waals surface area contributed by atoms with E-state index in [1.807, 2.05) is 28.1 Å². The van der Waals surface area contributed by atoms with Crippen LogP contribution >= 0.6 is 0 Å². The highest BCUT2D eigenvalue weighted by Crippen LogP contribution is 2.64. The minimum atomic E-state index is -0.109. The van der Waals surface area contributed by atoms with Crippen LogP contribution in [0.15, 0.2) is 24.3 Å². The van der Waals surface area contributed by atoms with Gasteiger partial charge in [0, 0.05) is 54.5 Å². The summed E-state index contributed by atoms with van der Waals surface area (Å²) in [5.41, 5.74) is 0. The van der Waals surface area contributed by atoms with Crippen LogP contribution in [0.2, 0.25) is 0 Å². The fourth-order valence-electron chi connectivity index (χ4n) is 20.0. The number of carbonyl (C=O) groups is 2. The lowest BCUT2D eigenvalue weighted by Gasteiger charge is -2.34. The first kappa shape index (κ1) is 51.5. The third-order valence-electron chi connectivity index (χ3n) is 22.4. The number of hydrogen-bond donors (Lipinski definition) is 0. The number of ether oxygens (including phenoxy) is 6. The van der Waals surface area contributed by atoms with Gasteiger partial charge in [-0.1, -0.05) is 12.2 Å². The molecule has 12 fully saturated rings.